The number of hydrogen-bond donors (Lipinski definition) is 0. The molecule has 1 aliphatic heterocycles. The van der Waals surface area contributed by atoms with Gasteiger partial charge in [-0.1, -0.05) is 31.0 Å². The van der Waals surface area contributed by atoms with Gasteiger partial charge in [0, 0.05) is 23.8 Å². The Bertz CT molecular complexity index is 650. The molecule has 2 fully saturated rings. The van der Waals surface area contributed by atoms with E-state index in [0.29, 0.717) is 12.1 Å². The minimum Gasteiger partial charge on any atom is -0.379 e. The Morgan fingerprint density at radius 2 is 1.96 bits per heavy atom. The molecule has 4 heteroatoms. The quantitative estimate of drug-likeness (QED) is 0.814. The first-order valence-corrected chi connectivity index (χ1v) is 10.2. The van der Waals surface area contributed by atoms with Crippen LogP contribution in [0.1, 0.15) is 31.2 Å². The normalized spacial score (nSPS) is 26.0. The second kappa shape index (κ2) is 7.96. The van der Waals surface area contributed by atoms with Crippen molar-refractivity contribution < 1.29 is 9.47 Å². The molecule has 0 unspecified atom stereocenters. The summed E-state index contributed by atoms with van der Waals surface area (Å²) in [4.78, 5) is 2.60. The van der Waals surface area contributed by atoms with Crippen LogP contribution in [-0.2, 0) is 15.9 Å². The SMILES string of the molecule is c1ccc2c(CCO[C@H]3CCCC[C@@H]3N3CCOCC3)csc2c1. The van der Waals surface area contributed by atoms with Gasteiger partial charge in [-0.25, -0.2) is 0 Å². The number of fused-ring (bicyclic) bond motifs is 1. The summed E-state index contributed by atoms with van der Waals surface area (Å²) in [6.45, 7) is 4.74. The Morgan fingerprint density at radius 3 is 2.88 bits per heavy atom. The first kappa shape index (κ1) is 16.5. The highest BCUT2D eigenvalue weighted by atomic mass is 32.1. The summed E-state index contributed by atoms with van der Waals surface area (Å²) < 4.78 is 13.3. The van der Waals surface area contributed by atoms with Crippen molar-refractivity contribution in [2.75, 3.05) is 32.9 Å². The van der Waals surface area contributed by atoms with Gasteiger partial charge in [-0.05, 0) is 41.7 Å². The topological polar surface area (TPSA) is 21.7 Å². The molecule has 1 saturated heterocycles. The fourth-order valence-electron chi connectivity index (χ4n) is 4.15. The van der Waals surface area contributed by atoms with E-state index in [2.05, 4.69) is 34.5 Å². The lowest BCUT2D eigenvalue weighted by Crippen LogP contribution is -2.51. The van der Waals surface area contributed by atoms with Crippen molar-refractivity contribution in [2.45, 2.75) is 44.2 Å². The number of benzene rings is 1. The molecule has 1 saturated carbocycles. The van der Waals surface area contributed by atoms with Crippen molar-refractivity contribution >= 4 is 21.4 Å². The van der Waals surface area contributed by atoms with Crippen LogP contribution in [0.15, 0.2) is 29.6 Å². The molecule has 24 heavy (non-hydrogen) atoms. The molecule has 1 aromatic carbocycles. The van der Waals surface area contributed by atoms with E-state index in [4.69, 9.17) is 9.47 Å². The number of thiophene rings is 1. The average Bonchev–Trinajstić information content (AvgIpc) is 3.06. The lowest BCUT2D eigenvalue weighted by atomic mass is 9.91. The standard InChI is InChI=1S/C20H27NO2S/c1-4-8-20-17(5-1)16(15-24-20)9-12-23-19-7-3-2-6-18(19)21-10-13-22-14-11-21/h1,4-5,8,15,18-19H,2-3,6-7,9-14H2/t18-,19-/m0/s1. The monoisotopic (exact) mass is 345 g/mol. The summed E-state index contributed by atoms with van der Waals surface area (Å²) in [7, 11) is 0. The third kappa shape index (κ3) is 3.67. The van der Waals surface area contributed by atoms with Crippen molar-refractivity contribution in [3.05, 3.63) is 35.2 Å². The maximum Gasteiger partial charge on any atom is 0.0730 e. The molecule has 1 aromatic heterocycles. The predicted molar refractivity (Wildman–Crippen MR) is 99.9 cm³/mol. The molecule has 0 bridgehead atoms. The van der Waals surface area contributed by atoms with E-state index in [-0.39, 0.29) is 0 Å². The summed E-state index contributed by atoms with van der Waals surface area (Å²) in [5, 5.41) is 3.70. The van der Waals surface area contributed by atoms with E-state index in [1.807, 2.05) is 11.3 Å². The van der Waals surface area contributed by atoms with Crippen LogP contribution in [0, 0.1) is 0 Å². The van der Waals surface area contributed by atoms with Gasteiger partial charge in [0.15, 0.2) is 0 Å². The number of nitrogens with zero attached hydrogens (tertiary/aromatic N) is 1. The van der Waals surface area contributed by atoms with E-state index in [1.165, 1.54) is 41.3 Å². The van der Waals surface area contributed by atoms with Gasteiger partial charge in [0.05, 0.1) is 25.9 Å². The second-order valence-electron chi connectivity index (χ2n) is 6.92. The van der Waals surface area contributed by atoms with Gasteiger partial charge in [0.25, 0.3) is 0 Å². The van der Waals surface area contributed by atoms with Gasteiger partial charge in [0.1, 0.15) is 0 Å². The number of hydrogen-bond acceptors (Lipinski definition) is 4. The molecule has 0 amide bonds. The van der Waals surface area contributed by atoms with Crippen molar-refractivity contribution in [3.63, 3.8) is 0 Å². The molecule has 2 aliphatic rings. The summed E-state index contributed by atoms with van der Waals surface area (Å²) in [5.74, 6) is 0. The second-order valence-corrected chi connectivity index (χ2v) is 7.83. The van der Waals surface area contributed by atoms with Crippen LogP contribution in [-0.4, -0.2) is 50.0 Å². The molecule has 2 atom stereocenters. The smallest absolute Gasteiger partial charge is 0.0730 e. The Morgan fingerprint density at radius 1 is 1.12 bits per heavy atom. The van der Waals surface area contributed by atoms with E-state index < -0.39 is 0 Å². The minimum absolute atomic E-state index is 0.404. The molecular formula is C20H27NO2S. The fourth-order valence-corrected chi connectivity index (χ4v) is 5.14. The molecule has 3 nitrogen and oxygen atoms in total. The fraction of sp³-hybridized carbons (Fsp3) is 0.600. The van der Waals surface area contributed by atoms with Gasteiger partial charge >= 0.3 is 0 Å². The third-order valence-electron chi connectivity index (χ3n) is 5.45. The summed E-state index contributed by atoms with van der Waals surface area (Å²) in [6.07, 6.45) is 6.58. The van der Waals surface area contributed by atoms with Crippen LogP contribution in [0.4, 0.5) is 0 Å². The van der Waals surface area contributed by atoms with Crippen LogP contribution in [0.3, 0.4) is 0 Å². The van der Waals surface area contributed by atoms with Crippen LogP contribution in [0.25, 0.3) is 10.1 Å². The van der Waals surface area contributed by atoms with Crippen LogP contribution in [0.5, 0.6) is 0 Å². The zero-order chi connectivity index (χ0) is 16.2. The summed E-state index contributed by atoms with van der Waals surface area (Å²) in [6, 6.07) is 9.29. The maximum absolute atomic E-state index is 6.39. The lowest BCUT2D eigenvalue weighted by molar-refractivity contribution is -0.0646. The molecule has 0 N–H and O–H groups in total. The molecule has 0 radical (unpaired) electrons. The number of rotatable bonds is 5. The maximum atomic E-state index is 6.39. The van der Waals surface area contributed by atoms with E-state index in [1.54, 1.807) is 0 Å². The highest BCUT2D eigenvalue weighted by Crippen LogP contribution is 2.28. The van der Waals surface area contributed by atoms with Gasteiger partial charge in [-0.2, -0.15) is 0 Å². The van der Waals surface area contributed by atoms with Crippen molar-refractivity contribution in [1.82, 2.24) is 4.90 Å². The van der Waals surface area contributed by atoms with Gasteiger partial charge in [-0.15, -0.1) is 11.3 Å². The highest BCUT2D eigenvalue weighted by molar-refractivity contribution is 7.17. The molecule has 2 aromatic rings. The molecular weight excluding hydrogens is 318 g/mol. The van der Waals surface area contributed by atoms with Gasteiger partial charge < -0.3 is 9.47 Å². The first-order valence-electron chi connectivity index (χ1n) is 9.30. The van der Waals surface area contributed by atoms with Gasteiger partial charge in [-0.3, -0.25) is 4.90 Å². The Kier molecular flexibility index (Phi) is 5.48. The van der Waals surface area contributed by atoms with Gasteiger partial charge in [0.2, 0.25) is 0 Å². The Hall–Kier alpha value is -0.940. The number of ether oxygens (including phenoxy) is 2. The van der Waals surface area contributed by atoms with E-state index in [9.17, 15) is 0 Å². The molecule has 4 rings (SSSR count). The lowest BCUT2D eigenvalue weighted by Gasteiger charge is -2.41. The Balaban J connectivity index is 1.35. The minimum atomic E-state index is 0.404. The van der Waals surface area contributed by atoms with Crippen LogP contribution >= 0.6 is 11.3 Å². The number of morpholine rings is 1. The average molecular weight is 346 g/mol. The first-order chi connectivity index (χ1) is 11.9. The van der Waals surface area contributed by atoms with Crippen molar-refractivity contribution in [3.8, 4) is 0 Å². The van der Waals surface area contributed by atoms with E-state index in [0.717, 1.165) is 39.3 Å². The molecule has 2 heterocycles. The third-order valence-corrected chi connectivity index (χ3v) is 6.46. The Labute approximate surface area is 148 Å². The van der Waals surface area contributed by atoms with Crippen molar-refractivity contribution in [1.29, 1.82) is 0 Å². The predicted octanol–water partition coefficient (Wildman–Crippen LogP) is 4.10. The summed E-state index contributed by atoms with van der Waals surface area (Å²) in [5.41, 5.74) is 1.44. The molecule has 0 spiro atoms. The van der Waals surface area contributed by atoms with Crippen molar-refractivity contribution in [2.24, 2.45) is 0 Å². The zero-order valence-electron chi connectivity index (χ0n) is 14.3. The highest BCUT2D eigenvalue weighted by Gasteiger charge is 2.31. The van der Waals surface area contributed by atoms with Crippen LogP contribution < -0.4 is 0 Å². The van der Waals surface area contributed by atoms with E-state index >= 15 is 0 Å². The zero-order valence-corrected chi connectivity index (χ0v) is 15.1. The summed E-state index contributed by atoms with van der Waals surface area (Å²) >= 11 is 1.85. The molecule has 1 aliphatic carbocycles. The van der Waals surface area contributed by atoms with Crippen LogP contribution in [0.2, 0.25) is 0 Å². The largest absolute Gasteiger partial charge is 0.379 e. The molecule has 130 valence electrons.